The van der Waals surface area contributed by atoms with Crippen LogP contribution in [-0.2, 0) is 6.54 Å². The molecule has 0 atom stereocenters. The van der Waals surface area contributed by atoms with Crippen molar-refractivity contribution in [3.63, 3.8) is 0 Å². The highest BCUT2D eigenvalue weighted by Crippen LogP contribution is 2.25. The molecule has 2 aliphatic rings. The number of anilines is 2. The van der Waals surface area contributed by atoms with Crippen molar-refractivity contribution in [1.82, 2.24) is 9.88 Å². The van der Waals surface area contributed by atoms with E-state index in [2.05, 4.69) is 9.80 Å². The Bertz CT molecular complexity index is 1060. The summed E-state index contributed by atoms with van der Waals surface area (Å²) < 4.78 is 18.8. The van der Waals surface area contributed by atoms with Crippen LogP contribution in [0.25, 0.3) is 0 Å². The lowest BCUT2D eigenvalue weighted by molar-refractivity contribution is 0.0958. The van der Waals surface area contributed by atoms with E-state index in [1.807, 2.05) is 18.3 Å². The molecular formula is C27H31FN4O2. The molecule has 2 aromatic heterocycles. The fourth-order valence-corrected chi connectivity index (χ4v) is 5.08. The summed E-state index contributed by atoms with van der Waals surface area (Å²) in [6.07, 6.45) is 10.1. The van der Waals surface area contributed by atoms with Gasteiger partial charge in [0.1, 0.15) is 11.6 Å². The number of hydrogen-bond acceptors (Lipinski definition) is 5. The van der Waals surface area contributed by atoms with Gasteiger partial charge < -0.3 is 14.2 Å². The van der Waals surface area contributed by atoms with E-state index >= 15 is 0 Å². The van der Waals surface area contributed by atoms with E-state index in [4.69, 9.17) is 9.40 Å². The number of aromatic nitrogens is 1. The fourth-order valence-electron chi connectivity index (χ4n) is 5.08. The molecule has 178 valence electrons. The van der Waals surface area contributed by atoms with Crippen molar-refractivity contribution in [1.29, 1.82) is 0 Å². The van der Waals surface area contributed by atoms with Gasteiger partial charge in [0.2, 0.25) is 0 Å². The van der Waals surface area contributed by atoms with Gasteiger partial charge in [0.25, 0.3) is 5.91 Å². The first-order chi connectivity index (χ1) is 16.7. The van der Waals surface area contributed by atoms with Crippen molar-refractivity contribution in [2.75, 3.05) is 36.0 Å². The van der Waals surface area contributed by atoms with Gasteiger partial charge in [-0.05, 0) is 60.9 Å². The van der Waals surface area contributed by atoms with E-state index in [1.165, 1.54) is 50.5 Å². The Balaban J connectivity index is 1.25. The Morgan fingerprint density at radius 2 is 1.76 bits per heavy atom. The van der Waals surface area contributed by atoms with Gasteiger partial charge in [-0.3, -0.25) is 9.69 Å². The third kappa shape index (κ3) is 5.14. The highest BCUT2D eigenvalue weighted by Gasteiger charge is 2.26. The second kappa shape index (κ2) is 10.4. The van der Waals surface area contributed by atoms with Gasteiger partial charge in [-0.15, -0.1) is 0 Å². The van der Waals surface area contributed by atoms with E-state index < -0.39 is 0 Å². The zero-order chi connectivity index (χ0) is 23.3. The van der Waals surface area contributed by atoms with Crippen molar-refractivity contribution in [2.24, 2.45) is 0 Å². The molecule has 0 N–H and O–H groups in total. The van der Waals surface area contributed by atoms with Crippen LogP contribution in [0.15, 0.2) is 65.4 Å². The summed E-state index contributed by atoms with van der Waals surface area (Å²) in [5.41, 5.74) is 1.50. The molecule has 1 aromatic carbocycles. The number of amides is 1. The lowest BCUT2D eigenvalue weighted by Gasteiger charge is -2.41. The first-order valence-electron chi connectivity index (χ1n) is 12.2. The van der Waals surface area contributed by atoms with Crippen LogP contribution in [0.4, 0.5) is 15.9 Å². The second-order valence-electron chi connectivity index (χ2n) is 9.18. The smallest absolute Gasteiger partial charge is 0.294 e. The zero-order valence-electron chi connectivity index (χ0n) is 19.4. The van der Waals surface area contributed by atoms with E-state index in [0.29, 0.717) is 12.2 Å². The Kier molecular flexibility index (Phi) is 6.90. The van der Waals surface area contributed by atoms with Crippen LogP contribution in [0.5, 0.6) is 0 Å². The van der Waals surface area contributed by atoms with Crippen LogP contribution in [0, 0.1) is 5.82 Å². The van der Waals surface area contributed by atoms with Gasteiger partial charge in [-0.25, -0.2) is 9.37 Å². The molecular weight excluding hydrogens is 431 g/mol. The lowest BCUT2D eigenvalue weighted by atomic mass is 9.94. The maximum Gasteiger partial charge on any atom is 0.294 e. The van der Waals surface area contributed by atoms with Gasteiger partial charge in [-0.2, -0.15) is 0 Å². The van der Waals surface area contributed by atoms with Crippen molar-refractivity contribution >= 4 is 17.4 Å². The zero-order valence-corrected chi connectivity index (χ0v) is 19.4. The average molecular weight is 463 g/mol. The molecule has 1 saturated heterocycles. The van der Waals surface area contributed by atoms with Crippen molar-refractivity contribution in [3.05, 3.63) is 78.1 Å². The minimum absolute atomic E-state index is 0.241. The van der Waals surface area contributed by atoms with Crippen LogP contribution in [-0.4, -0.2) is 48.0 Å². The minimum Gasteiger partial charge on any atom is -0.459 e. The Morgan fingerprint density at radius 1 is 1.00 bits per heavy atom. The SMILES string of the molecule is O=C(c1ccco1)N(Cc1ccc(N2CCN(C3CCCCC3)CC2)nc1)c1ccc(F)cc1. The molecule has 0 unspecified atom stereocenters. The molecule has 6 nitrogen and oxygen atoms in total. The molecule has 3 aromatic rings. The summed E-state index contributed by atoms with van der Waals surface area (Å²) in [5, 5.41) is 0. The maximum absolute atomic E-state index is 13.5. The van der Waals surface area contributed by atoms with Crippen LogP contribution >= 0.6 is 0 Å². The average Bonchev–Trinajstić information content (AvgIpc) is 3.44. The topological polar surface area (TPSA) is 52.8 Å². The van der Waals surface area contributed by atoms with Crippen molar-refractivity contribution in [2.45, 2.75) is 44.7 Å². The quantitative estimate of drug-likeness (QED) is 0.509. The van der Waals surface area contributed by atoms with Crippen molar-refractivity contribution in [3.8, 4) is 0 Å². The summed E-state index contributed by atoms with van der Waals surface area (Å²) in [7, 11) is 0. The number of halogens is 1. The molecule has 1 aliphatic carbocycles. The number of benzene rings is 1. The first-order valence-corrected chi connectivity index (χ1v) is 12.2. The highest BCUT2D eigenvalue weighted by molar-refractivity contribution is 6.04. The predicted molar refractivity (Wildman–Crippen MR) is 131 cm³/mol. The van der Waals surface area contributed by atoms with E-state index in [1.54, 1.807) is 29.2 Å². The maximum atomic E-state index is 13.5. The number of furan rings is 1. The van der Waals surface area contributed by atoms with Gasteiger partial charge in [0, 0.05) is 44.1 Å². The van der Waals surface area contributed by atoms with E-state index in [0.717, 1.165) is 43.6 Å². The van der Waals surface area contributed by atoms with Crippen molar-refractivity contribution < 1.29 is 13.6 Å². The molecule has 1 amide bonds. The summed E-state index contributed by atoms with van der Waals surface area (Å²) >= 11 is 0. The number of carbonyl (C=O) groups is 1. The largest absolute Gasteiger partial charge is 0.459 e. The van der Waals surface area contributed by atoms with Gasteiger partial charge in [0.05, 0.1) is 12.8 Å². The Morgan fingerprint density at radius 3 is 2.41 bits per heavy atom. The number of carbonyl (C=O) groups excluding carboxylic acids is 1. The molecule has 2 fully saturated rings. The molecule has 5 rings (SSSR count). The number of nitrogens with zero attached hydrogens (tertiary/aromatic N) is 4. The van der Waals surface area contributed by atoms with Crippen LogP contribution < -0.4 is 9.80 Å². The molecule has 34 heavy (non-hydrogen) atoms. The first kappa shape index (κ1) is 22.6. The minimum atomic E-state index is -0.344. The summed E-state index contributed by atoms with van der Waals surface area (Å²) in [4.78, 5) is 24.4. The number of piperazine rings is 1. The van der Waals surface area contributed by atoms with Crippen LogP contribution in [0.1, 0.15) is 48.2 Å². The normalized spacial score (nSPS) is 17.6. The standard InChI is InChI=1S/C27H31FN4O2/c28-22-9-11-24(12-10-22)32(27(33)25-7-4-18-34-25)20-21-8-13-26(29-19-21)31-16-14-30(15-17-31)23-5-2-1-3-6-23/h4,7-13,18-19,23H,1-3,5-6,14-17,20H2. The van der Waals surface area contributed by atoms with Crippen LogP contribution in [0.2, 0.25) is 0 Å². The monoisotopic (exact) mass is 462 g/mol. The predicted octanol–water partition coefficient (Wildman–Crippen LogP) is 5.12. The summed E-state index contributed by atoms with van der Waals surface area (Å²) in [5.74, 6) is 0.589. The van der Waals surface area contributed by atoms with E-state index in [-0.39, 0.29) is 17.5 Å². The number of rotatable bonds is 6. The summed E-state index contributed by atoms with van der Waals surface area (Å²) in [6, 6.07) is 14.0. The van der Waals surface area contributed by atoms with Gasteiger partial charge in [0.15, 0.2) is 5.76 Å². The molecule has 0 spiro atoms. The molecule has 0 radical (unpaired) electrons. The van der Waals surface area contributed by atoms with Gasteiger partial charge in [-0.1, -0.05) is 25.3 Å². The molecule has 7 heteroatoms. The molecule has 0 bridgehead atoms. The molecule has 1 saturated carbocycles. The third-order valence-electron chi connectivity index (χ3n) is 6.99. The number of hydrogen-bond donors (Lipinski definition) is 0. The third-order valence-corrected chi connectivity index (χ3v) is 6.99. The molecule has 1 aliphatic heterocycles. The second-order valence-corrected chi connectivity index (χ2v) is 9.18. The van der Waals surface area contributed by atoms with Crippen LogP contribution in [0.3, 0.4) is 0 Å². The lowest BCUT2D eigenvalue weighted by Crippen LogP contribution is -2.51. The number of pyridine rings is 1. The van der Waals surface area contributed by atoms with E-state index in [9.17, 15) is 9.18 Å². The summed E-state index contributed by atoms with van der Waals surface area (Å²) in [6.45, 7) is 4.46. The fraction of sp³-hybridized carbons (Fsp3) is 0.407. The van der Waals surface area contributed by atoms with Gasteiger partial charge >= 0.3 is 0 Å². The highest BCUT2D eigenvalue weighted by atomic mass is 19.1. The Labute approximate surface area is 200 Å². The Hall–Kier alpha value is -3.19. The molecule has 3 heterocycles.